The normalized spacial score (nSPS) is 11.2. The summed E-state index contributed by atoms with van der Waals surface area (Å²) in [4.78, 5) is 27.9. The summed E-state index contributed by atoms with van der Waals surface area (Å²) in [6, 6.07) is 10.6. The van der Waals surface area contributed by atoms with Crippen LogP contribution in [0.5, 0.6) is 0 Å². The average molecular weight is 484 g/mol. The van der Waals surface area contributed by atoms with Gasteiger partial charge in [0.1, 0.15) is 0 Å². The molecule has 3 rings (SSSR count). The van der Waals surface area contributed by atoms with Gasteiger partial charge in [-0.15, -0.1) is 0 Å². The number of carboxylic acids is 2. The first-order chi connectivity index (χ1) is 13.3. The molecule has 1 aromatic heterocycles. The van der Waals surface area contributed by atoms with Crippen LogP contribution in [0.3, 0.4) is 0 Å². The zero-order chi connectivity index (χ0) is 20.3. The molecule has 0 unspecified atom stereocenters. The van der Waals surface area contributed by atoms with Gasteiger partial charge in [0, 0.05) is 0 Å². The SMILES string of the molecule is O=C(O)CN(CC(=O)O)c1cccc(C=Cc2nc3cc(Cl)c(Cl)cc3[se]2)c1. The van der Waals surface area contributed by atoms with Gasteiger partial charge >= 0.3 is 177 Å². The van der Waals surface area contributed by atoms with E-state index in [0.29, 0.717) is 15.7 Å². The van der Waals surface area contributed by atoms with Gasteiger partial charge in [-0.3, -0.25) is 0 Å². The number of hydrogen-bond donors (Lipinski definition) is 2. The van der Waals surface area contributed by atoms with Crippen molar-refractivity contribution in [3.05, 3.63) is 56.6 Å². The van der Waals surface area contributed by atoms with E-state index in [1.807, 2.05) is 24.3 Å². The molecule has 6 nitrogen and oxygen atoms in total. The number of rotatable bonds is 7. The molecule has 2 N–H and O–H groups in total. The Balaban J connectivity index is 1.85. The second kappa shape index (κ2) is 8.80. The first-order valence-corrected chi connectivity index (χ1v) is 10.5. The molecule has 0 atom stereocenters. The molecule has 0 bridgehead atoms. The molecule has 1 heterocycles. The number of nitrogens with zero attached hydrogens (tertiary/aromatic N) is 2. The topological polar surface area (TPSA) is 90.7 Å². The van der Waals surface area contributed by atoms with Crippen LogP contribution in [0.1, 0.15) is 10.1 Å². The molecule has 144 valence electrons. The molecular formula is C19H14Cl2N2O4Se. The summed E-state index contributed by atoms with van der Waals surface area (Å²) < 4.78 is 1.96. The van der Waals surface area contributed by atoms with Gasteiger partial charge in [0.25, 0.3) is 0 Å². The van der Waals surface area contributed by atoms with Crippen LogP contribution >= 0.6 is 23.2 Å². The number of benzene rings is 2. The van der Waals surface area contributed by atoms with Gasteiger partial charge in [0.2, 0.25) is 0 Å². The van der Waals surface area contributed by atoms with Crippen LogP contribution < -0.4 is 4.90 Å². The fraction of sp³-hybridized carbons (Fsp3) is 0.105. The standard InChI is InChI=1S/C19H14Cl2N2O4Se/c20-13-7-15-16(8-14(13)21)28-17(22-15)5-4-11-2-1-3-12(6-11)23(9-18(24)25)10-19(26)27/h1-8H,9-10H2,(H,24,25)(H,26,27). The van der Waals surface area contributed by atoms with Gasteiger partial charge < -0.3 is 0 Å². The number of carboxylic acid groups (broad SMARTS) is 2. The van der Waals surface area contributed by atoms with Gasteiger partial charge in [-0.2, -0.15) is 0 Å². The van der Waals surface area contributed by atoms with E-state index >= 15 is 0 Å². The van der Waals surface area contributed by atoms with E-state index in [1.54, 1.807) is 24.3 Å². The fourth-order valence-electron chi connectivity index (χ4n) is 2.57. The van der Waals surface area contributed by atoms with Crippen LogP contribution in [0.4, 0.5) is 5.69 Å². The number of carbonyl (C=O) groups is 2. The number of anilines is 1. The number of aliphatic carboxylic acids is 2. The summed E-state index contributed by atoms with van der Waals surface area (Å²) >= 11 is 12.1. The molecule has 2 aromatic carbocycles. The minimum absolute atomic E-state index is 0.0102. The molecule has 0 aliphatic carbocycles. The third kappa shape index (κ3) is 5.14. The Hall–Kier alpha value is -2.31. The number of halogens is 2. The second-order valence-electron chi connectivity index (χ2n) is 5.86. The van der Waals surface area contributed by atoms with Crippen molar-refractivity contribution in [3.8, 4) is 0 Å². The monoisotopic (exact) mass is 484 g/mol. The second-order valence-corrected chi connectivity index (χ2v) is 8.90. The summed E-state index contributed by atoms with van der Waals surface area (Å²) in [7, 11) is 0. The third-order valence-corrected chi connectivity index (χ3v) is 6.54. The average Bonchev–Trinajstić information content (AvgIpc) is 3.01. The number of fused-ring (bicyclic) bond motifs is 1. The van der Waals surface area contributed by atoms with E-state index in [9.17, 15) is 9.59 Å². The first-order valence-electron chi connectivity index (χ1n) is 8.04. The van der Waals surface area contributed by atoms with Crippen LogP contribution in [0.2, 0.25) is 10.0 Å². The van der Waals surface area contributed by atoms with Crippen molar-refractivity contribution in [1.82, 2.24) is 4.98 Å². The number of aromatic nitrogens is 1. The van der Waals surface area contributed by atoms with E-state index < -0.39 is 25.0 Å². The molecule has 0 saturated heterocycles. The molecule has 0 fully saturated rings. The molecule has 28 heavy (non-hydrogen) atoms. The van der Waals surface area contributed by atoms with Crippen LogP contribution in [-0.2, 0) is 9.59 Å². The summed E-state index contributed by atoms with van der Waals surface area (Å²) in [5.41, 5.74) is 2.15. The molecular weight excluding hydrogens is 470 g/mol. The quantitative estimate of drug-likeness (QED) is 0.497. The summed E-state index contributed by atoms with van der Waals surface area (Å²) in [6.45, 7) is -0.793. The van der Waals surface area contributed by atoms with Gasteiger partial charge in [0.15, 0.2) is 0 Å². The Morgan fingerprint density at radius 1 is 1.04 bits per heavy atom. The van der Waals surface area contributed by atoms with Gasteiger partial charge in [-0.05, 0) is 0 Å². The zero-order valence-corrected chi connectivity index (χ0v) is 17.5. The van der Waals surface area contributed by atoms with Crippen molar-refractivity contribution < 1.29 is 19.8 Å². The maximum atomic E-state index is 11.0. The first kappa shape index (κ1) is 20.4. The predicted octanol–water partition coefficient (Wildman–Crippen LogP) is 3.74. The Bertz CT molecular complexity index is 1030. The molecule has 9 heteroatoms. The Morgan fingerprint density at radius 2 is 1.71 bits per heavy atom. The van der Waals surface area contributed by atoms with Gasteiger partial charge in [0.05, 0.1) is 0 Å². The predicted molar refractivity (Wildman–Crippen MR) is 112 cm³/mol. The minimum atomic E-state index is -1.10. The maximum absolute atomic E-state index is 11.0. The van der Waals surface area contributed by atoms with Crippen LogP contribution in [-0.4, -0.2) is 54.7 Å². The van der Waals surface area contributed by atoms with Crippen molar-refractivity contribution in [3.63, 3.8) is 0 Å². The van der Waals surface area contributed by atoms with Crippen molar-refractivity contribution in [2.24, 2.45) is 0 Å². The Labute approximate surface area is 176 Å². The van der Waals surface area contributed by atoms with E-state index in [0.717, 1.165) is 19.9 Å². The Morgan fingerprint density at radius 3 is 2.39 bits per heavy atom. The molecule has 3 aromatic rings. The van der Waals surface area contributed by atoms with Gasteiger partial charge in [-0.25, -0.2) is 0 Å². The van der Waals surface area contributed by atoms with Crippen molar-refractivity contribution >= 4 is 77.3 Å². The van der Waals surface area contributed by atoms with E-state index in [-0.39, 0.29) is 14.5 Å². The van der Waals surface area contributed by atoms with Crippen LogP contribution in [0.15, 0.2) is 36.4 Å². The van der Waals surface area contributed by atoms with Crippen molar-refractivity contribution in [2.45, 2.75) is 0 Å². The van der Waals surface area contributed by atoms with Crippen molar-refractivity contribution in [1.29, 1.82) is 0 Å². The van der Waals surface area contributed by atoms with E-state index in [2.05, 4.69) is 4.98 Å². The molecule has 0 saturated carbocycles. The van der Waals surface area contributed by atoms with Crippen LogP contribution in [0.25, 0.3) is 21.9 Å². The van der Waals surface area contributed by atoms with Crippen LogP contribution in [0, 0.1) is 0 Å². The van der Waals surface area contributed by atoms with E-state index in [4.69, 9.17) is 33.4 Å². The zero-order valence-electron chi connectivity index (χ0n) is 14.3. The van der Waals surface area contributed by atoms with Gasteiger partial charge in [-0.1, -0.05) is 0 Å². The third-order valence-electron chi connectivity index (χ3n) is 3.75. The molecule has 0 aliphatic heterocycles. The molecule has 0 spiro atoms. The molecule has 0 radical (unpaired) electrons. The Kier molecular flexibility index (Phi) is 6.42. The summed E-state index contributed by atoms with van der Waals surface area (Å²) in [6.07, 6.45) is 3.75. The van der Waals surface area contributed by atoms with Crippen molar-refractivity contribution in [2.75, 3.05) is 18.0 Å². The number of hydrogen-bond acceptors (Lipinski definition) is 4. The summed E-state index contributed by atoms with van der Waals surface area (Å²) in [5.74, 6) is -2.19. The molecule has 0 aliphatic rings. The fourth-order valence-corrected chi connectivity index (χ4v) is 4.91. The van der Waals surface area contributed by atoms with E-state index in [1.165, 1.54) is 4.90 Å². The molecule has 0 amide bonds. The summed E-state index contributed by atoms with van der Waals surface area (Å²) in [5, 5.41) is 19.0.